The van der Waals surface area contributed by atoms with Crippen LogP contribution >= 0.6 is 11.6 Å². The summed E-state index contributed by atoms with van der Waals surface area (Å²) in [4.78, 5) is 24.5. The van der Waals surface area contributed by atoms with Gasteiger partial charge >= 0.3 is 0 Å². The molecular formula is C16H20ClN5O. The van der Waals surface area contributed by atoms with E-state index in [0.29, 0.717) is 17.4 Å². The van der Waals surface area contributed by atoms with Gasteiger partial charge in [-0.15, -0.1) is 0 Å². The van der Waals surface area contributed by atoms with Gasteiger partial charge in [0, 0.05) is 12.7 Å². The molecule has 0 saturated heterocycles. The molecule has 0 spiro atoms. The standard InChI is InChI=1S/C16H20ClN5O/c1-10(2)4-7-19-15-14(17)21-13(9-20-15)16(23)22-12-8-18-6-5-11(12)3/h5-6,8-10H,4,7H2,1-3H3,(H,19,20)(H,22,23). The van der Waals surface area contributed by atoms with E-state index in [1.165, 1.54) is 6.20 Å². The highest BCUT2D eigenvalue weighted by molar-refractivity contribution is 6.31. The topological polar surface area (TPSA) is 79.8 Å². The predicted octanol–water partition coefficient (Wildman–Crippen LogP) is 3.54. The summed E-state index contributed by atoms with van der Waals surface area (Å²) in [5, 5.41) is 6.05. The van der Waals surface area contributed by atoms with Crippen molar-refractivity contribution in [3.63, 3.8) is 0 Å². The summed E-state index contributed by atoms with van der Waals surface area (Å²) in [7, 11) is 0. The fourth-order valence-corrected chi connectivity index (χ4v) is 2.06. The number of halogens is 1. The maximum absolute atomic E-state index is 12.2. The van der Waals surface area contributed by atoms with E-state index in [4.69, 9.17) is 11.6 Å². The summed E-state index contributed by atoms with van der Waals surface area (Å²) in [6.07, 6.45) is 5.66. The SMILES string of the molecule is Cc1ccncc1NC(=O)c1cnc(NCCC(C)C)c(Cl)n1. The third-order valence-corrected chi connectivity index (χ3v) is 3.53. The first-order valence-corrected chi connectivity index (χ1v) is 7.83. The van der Waals surface area contributed by atoms with E-state index in [9.17, 15) is 4.79 Å². The molecule has 2 rings (SSSR count). The van der Waals surface area contributed by atoms with E-state index in [0.717, 1.165) is 18.5 Å². The molecule has 0 aliphatic carbocycles. The van der Waals surface area contributed by atoms with Crippen LogP contribution < -0.4 is 10.6 Å². The number of rotatable bonds is 6. The zero-order chi connectivity index (χ0) is 16.8. The number of hydrogen-bond donors (Lipinski definition) is 2. The van der Waals surface area contributed by atoms with Crippen LogP contribution in [0.15, 0.2) is 24.7 Å². The molecule has 0 fully saturated rings. The summed E-state index contributed by atoms with van der Waals surface area (Å²) >= 11 is 6.09. The molecule has 0 bridgehead atoms. The van der Waals surface area contributed by atoms with Gasteiger partial charge < -0.3 is 10.6 Å². The number of aryl methyl sites for hydroxylation is 1. The summed E-state index contributed by atoms with van der Waals surface area (Å²) in [5.74, 6) is 0.702. The number of nitrogens with one attached hydrogen (secondary N) is 2. The lowest BCUT2D eigenvalue weighted by Crippen LogP contribution is -2.16. The van der Waals surface area contributed by atoms with Crippen molar-refractivity contribution in [2.45, 2.75) is 27.2 Å². The average molecular weight is 334 g/mol. The van der Waals surface area contributed by atoms with Crippen molar-refractivity contribution in [1.29, 1.82) is 0 Å². The number of carbonyl (C=O) groups excluding carboxylic acids is 1. The smallest absolute Gasteiger partial charge is 0.275 e. The molecule has 0 saturated carbocycles. The van der Waals surface area contributed by atoms with Crippen LogP contribution in [0.4, 0.5) is 11.5 Å². The van der Waals surface area contributed by atoms with Gasteiger partial charge in [0.1, 0.15) is 5.69 Å². The van der Waals surface area contributed by atoms with Crippen LogP contribution in [-0.4, -0.2) is 27.4 Å². The summed E-state index contributed by atoms with van der Waals surface area (Å²) in [6.45, 7) is 6.93. The second-order valence-electron chi connectivity index (χ2n) is 5.65. The summed E-state index contributed by atoms with van der Waals surface area (Å²) < 4.78 is 0. The van der Waals surface area contributed by atoms with Crippen molar-refractivity contribution in [3.8, 4) is 0 Å². The van der Waals surface area contributed by atoms with Gasteiger partial charge in [0.15, 0.2) is 11.0 Å². The fourth-order valence-electron chi connectivity index (χ4n) is 1.85. The molecular weight excluding hydrogens is 314 g/mol. The van der Waals surface area contributed by atoms with E-state index in [2.05, 4.69) is 39.4 Å². The van der Waals surface area contributed by atoms with E-state index >= 15 is 0 Å². The van der Waals surface area contributed by atoms with Gasteiger partial charge in [-0.05, 0) is 30.9 Å². The van der Waals surface area contributed by atoms with Crippen LogP contribution in [0, 0.1) is 12.8 Å². The minimum atomic E-state index is -0.371. The number of aromatic nitrogens is 3. The Morgan fingerprint density at radius 1 is 1.35 bits per heavy atom. The number of amides is 1. The molecule has 0 unspecified atom stereocenters. The molecule has 1 amide bonds. The molecule has 0 aliphatic heterocycles. The Morgan fingerprint density at radius 3 is 2.78 bits per heavy atom. The largest absolute Gasteiger partial charge is 0.368 e. The van der Waals surface area contributed by atoms with E-state index in [-0.39, 0.29) is 16.8 Å². The number of carbonyl (C=O) groups is 1. The van der Waals surface area contributed by atoms with Crippen molar-refractivity contribution in [3.05, 3.63) is 41.1 Å². The number of nitrogens with zero attached hydrogens (tertiary/aromatic N) is 3. The van der Waals surface area contributed by atoms with E-state index < -0.39 is 0 Å². The number of pyridine rings is 1. The molecule has 0 aromatic carbocycles. The fraction of sp³-hybridized carbons (Fsp3) is 0.375. The summed E-state index contributed by atoms with van der Waals surface area (Å²) in [5.41, 5.74) is 1.71. The Morgan fingerprint density at radius 2 is 2.13 bits per heavy atom. The van der Waals surface area contributed by atoms with E-state index in [1.807, 2.05) is 13.0 Å². The van der Waals surface area contributed by atoms with Crippen LogP contribution in [0.2, 0.25) is 5.15 Å². The normalized spacial score (nSPS) is 10.7. The Hall–Kier alpha value is -2.21. The number of hydrogen-bond acceptors (Lipinski definition) is 5. The highest BCUT2D eigenvalue weighted by atomic mass is 35.5. The maximum atomic E-state index is 12.2. The van der Waals surface area contributed by atoms with Crippen LogP contribution in [-0.2, 0) is 0 Å². The maximum Gasteiger partial charge on any atom is 0.275 e. The first-order chi connectivity index (χ1) is 11.0. The Bertz CT molecular complexity index is 690. The van der Waals surface area contributed by atoms with Crippen molar-refractivity contribution in [1.82, 2.24) is 15.0 Å². The van der Waals surface area contributed by atoms with Crippen LogP contribution in [0.25, 0.3) is 0 Å². The molecule has 2 aromatic heterocycles. The Labute approximate surface area is 140 Å². The zero-order valence-electron chi connectivity index (χ0n) is 13.4. The summed E-state index contributed by atoms with van der Waals surface area (Å²) in [6, 6.07) is 1.82. The first-order valence-electron chi connectivity index (χ1n) is 7.45. The highest BCUT2D eigenvalue weighted by Crippen LogP contribution is 2.18. The zero-order valence-corrected chi connectivity index (χ0v) is 14.2. The lowest BCUT2D eigenvalue weighted by Gasteiger charge is -2.10. The molecule has 0 radical (unpaired) electrons. The average Bonchev–Trinajstić information content (AvgIpc) is 2.50. The van der Waals surface area contributed by atoms with Crippen molar-refractivity contribution >= 4 is 29.0 Å². The second-order valence-corrected chi connectivity index (χ2v) is 6.01. The molecule has 2 aromatic rings. The second kappa shape index (κ2) is 7.87. The van der Waals surface area contributed by atoms with Crippen LogP contribution in [0.1, 0.15) is 36.3 Å². The lowest BCUT2D eigenvalue weighted by molar-refractivity contribution is 0.102. The third-order valence-electron chi connectivity index (χ3n) is 3.26. The molecule has 0 aliphatic rings. The molecule has 6 nitrogen and oxygen atoms in total. The third kappa shape index (κ3) is 4.89. The Balaban J connectivity index is 2.04. The van der Waals surface area contributed by atoms with Crippen molar-refractivity contribution < 1.29 is 4.79 Å². The van der Waals surface area contributed by atoms with Crippen LogP contribution in [0.3, 0.4) is 0 Å². The monoisotopic (exact) mass is 333 g/mol. The van der Waals surface area contributed by atoms with Gasteiger partial charge in [-0.3, -0.25) is 9.78 Å². The Kier molecular flexibility index (Phi) is 5.87. The van der Waals surface area contributed by atoms with Crippen LogP contribution in [0.5, 0.6) is 0 Å². The van der Waals surface area contributed by atoms with Gasteiger partial charge in [0.2, 0.25) is 0 Å². The minimum Gasteiger partial charge on any atom is -0.368 e. The molecule has 2 N–H and O–H groups in total. The molecule has 2 heterocycles. The first kappa shape index (κ1) is 17.1. The van der Waals surface area contributed by atoms with Gasteiger partial charge in [-0.2, -0.15) is 0 Å². The van der Waals surface area contributed by atoms with Gasteiger partial charge in [-0.25, -0.2) is 9.97 Å². The number of anilines is 2. The van der Waals surface area contributed by atoms with E-state index in [1.54, 1.807) is 12.4 Å². The molecule has 122 valence electrons. The quantitative estimate of drug-likeness (QED) is 0.845. The predicted molar refractivity (Wildman–Crippen MR) is 91.9 cm³/mol. The molecule has 7 heteroatoms. The van der Waals surface area contributed by atoms with Gasteiger partial charge in [0.05, 0.1) is 18.1 Å². The lowest BCUT2D eigenvalue weighted by atomic mass is 10.1. The molecule has 0 atom stereocenters. The minimum absolute atomic E-state index is 0.160. The van der Waals surface area contributed by atoms with Crippen molar-refractivity contribution in [2.75, 3.05) is 17.2 Å². The highest BCUT2D eigenvalue weighted by Gasteiger charge is 2.13. The van der Waals surface area contributed by atoms with Gasteiger partial charge in [0.25, 0.3) is 5.91 Å². The molecule has 23 heavy (non-hydrogen) atoms. The van der Waals surface area contributed by atoms with Crippen molar-refractivity contribution in [2.24, 2.45) is 5.92 Å². The van der Waals surface area contributed by atoms with Gasteiger partial charge in [-0.1, -0.05) is 25.4 Å².